The Hall–Kier alpha value is -3.37. The molecule has 2 heterocycles. The van der Waals surface area contributed by atoms with Gasteiger partial charge in [-0.15, -0.1) is 0 Å². The summed E-state index contributed by atoms with van der Waals surface area (Å²) in [5, 5.41) is 7.34. The first kappa shape index (κ1) is 21.8. The fraction of sp³-hybridized carbons (Fsp3) is 0.190. The van der Waals surface area contributed by atoms with Gasteiger partial charge in [-0.2, -0.15) is 9.78 Å². The van der Waals surface area contributed by atoms with Gasteiger partial charge in [0.25, 0.3) is 10.0 Å². The van der Waals surface area contributed by atoms with Crippen LogP contribution in [0.3, 0.4) is 0 Å². The van der Waals surface area contributed by atoms with E-state index in [1.807, 2.05) is 0 Å². The van der Waals surface area contributed by atoms with Crippen molar-refractivity contribution in [1.82, 2.24) is 9.78 Å². The summed E-state index contributed by atoms with van der Waals surface area (Å²) in [6.45, 7) is 1.68. The first-order valence-corrected chi connectivity index (χ1v) is 11.4. The lowest BCUT2D eigenvalue weighted by molar-refractivity contribution is -0.116. The van der Waals surface area contributed by atoms with Gasteiger partial charge in [0, 0.05) is 23.4 Å². The molecule has 32 heavy (non-hydrogen) atoms. The van der Waals surface area contributed by atoms with Gasteiger partial charge in [0.1, 0.15) is 16.5 Å². The number of carbonyl (C=O) groups is 2. The highest BCUT2D eigenvalue weighted by Gasteiger charge is 2.28. The fourth-order valence-electron chi connectivity index (χ4n) is 3.49. The number of ether oxygens (including phenoxy) is 1. The molecule has 0 fully saturated rings. The van der Waals surface area contributed by atoms with Crippen molar-refractivity contribution in [3.05, 3.63) is 53.2 Å². The minimum absolute atomic E-state index is 0.0329. The van der Waals surface area contributed by atoms with Gasteiger partial charge in [-0.25, -0.2) is 8.42 Å². The van der Waals surface area contributed by atoms with Crippen molar-refractivity contribution in [2.45, 2.75) is 24.7 Å². The molecule has 0 radical (unpaired) electrons. The van der Waals surface area contributed by atoms with Gasteiger partial charge in [0.05, 0.1) is 18.5 Å². The Morgan fingerprint density at radius 2 is 1.94 bits per heavy atom. The number of rotatable bonds is 5. The van der Waals surface area contributed by atoms with E-state index in [0.29, 0.717) is 27.5 Å². The highest BCUT2D eigenvalue weighted by atomic mass is 35.5. The molecule has 11 heteroatoms. The van der Waals surface area contributed by atoms with Crippen molar-refractivity contribution in [3.8, 4) is 16.9 Å². The molecule has 0 saturated carbocycles. The van der Waals surface area contributed by atoms with Crippen molar-refractivity contribution in [3.63, 3.8) is 0 Å². The van der Waals surface area contributed by atoms with E-state index in [1.165, 1.54) is 25.3 Å². The van der Waals surface area contributed by atoms with Crippen LogP contribution in [0.15, 0.2) is 47.4 Å². The van der Waals surface area contributed by atoms with Gasteiger partial charge in [-0.05, 0) is 42.8 Å². The molecule has 0 bridgehead atoms. The number of hydrogen-bond acceptors (Lipinski definition) is 6. The van der Waals surface area contributed by atoms with Gasteiger partial charge < -0.3 is 10.1 Å². The molecule has 1 aliphatic rings. The molecule has 1 amide bonds. The minimum Gasteiger partial charge on any atom is -0.495 e. The predicted octanol–water partition coefficient (Wildman–Crippen LogP) is 3.69. The second kappa shape index (κ2) is 8.29. The summed E-state index contributed by atoms with van der Waals surface area (Å²) in [6, 6.07) is 10.9. The van der Waals surface area contributed by atoms with Crippen LogP contribution in [0.25, 0.3) is 11.1 Å². The summed E-state index contributed by atoms with van der Waals surface area (Å²) in [5.74, 6) is -0.301. The zero-order chi connectivity index (χ0) is 23.0. The quantitative estimate of drug-likeness (QED) is 0.582. The Morgan fingerprint density at radius 1 is 1.16 bits per heavy atom. The van der Waals surface area contributed by atoms with Gasteiger partial charge in [-0.3, -0.25) is 14.3 Å². The van der Waals surface area contributed by atoms with E-state index in [4.69, 9.17) is 16.3 Å². The molecule has 0 aliphatic carbocycles. The highest BCUT2D eigenvalue weighted by Crippen LogP contribution is 2.37. The monoisotopic (exact) mass is 474 g/mol. The predicted molar refractivity (Wildman–Crippen MR) is 120 cm³/mol. The number of aromatic nitrogens is 2. The molecule has 0 atom stereocenters. The summed E-state index contributed by atoms with van der Waals surface area (Å²) < 4.78 is 35.2. The molecule has 0 unspecified atom stereocenters. The number of benzene rings is 2. The molecule has 0 spiro atoms. The zero-order valence-electron chi connectivity index (χ0n) is 17.2. The molecule has 2 aromatic carbocycles. The molecule has 3 aromatic rings. The number of halogens is 1. The van der Waals surface area contributed by atoms with Crippen molar-refractivity contribution in [1.29, 1.82) is 0 Å². The lowest BCUT2D eigenvalue weighted by atomic mass is 10.1. The number of aryl methyl sites for hydroxylation is 1. The maximum atomic E-state index is 13.2. The van der Waals surface area contributed by atoms with E-state index in [1.54, 1.807) is 31.2 Å². The number of anilines is 2. The number of amides is 1. The smallest absolute Gasteiger partial charge is 0.265 e. The van der Waals surface area contributed by atoms with Crippen LogP contribution in [0.4, 0.5) is 11.5 Å². The third-order valence-corrected chi connectivity index (χ3v) is 6.58. The topological polar surface area (TPSA) is 119 Å². The van der Waals surface area contributed by atoms with Gasteiger partial charge in [0.2, 0.25) is 11.8 Å². The SMILES string of the molecule is COc1ccc(-c2c(C)nn3c2NC(=O)CCC3=O)cc1S(=O)(=O)Nc1cccc(Cl)c1. The van der Waals surface area contributed by atoms with E-state index in [2.05, 4.69) is 15.1 Å². The second-order valence-corrected chi connectivity index (χ2v) is 9.23. The van der Waals surface area contributed by atoms with Gasteiger partial charge >= 0.3 is 0 Å². The average molecular weight is 475 g/mol. The van der Waals surface area contributed by atoms with Crippen molar-refractivity contribution in [2.24, 2.45) is 0 Å². The highest BCUT2D eigenvalue weighted by molar-refractivity contribution is 7.92. The molecular formula is C21H19ClN4O5S. The van der Waals surface area contributed by atoms with Crippen LogP contribution in [0.5, 0.6) is 5.75 Å². The molecule has 0 saturated heterocycles. The van der Waals surface area contributed by atoms with Crippen LogP contribution in [0.2, 0.25) is 5.02 Å². The lowest BCUT2D eigenvalue weighted by Crippen LogP contribution is -2.14. The van der Waals surface area contributed by atoms with Gasteiger partial charge in [-0.1, -0.05) is 23.7 Å². The molecule has 4 rings (SSSR count). The largest absolute Gasteiger partial charge is 0.495 e. The summed E-state index contributed by atoms with van der Waals surface area (Å²) in [4.78, 5) is 24.4. The summed E-state index contributed by atoms with van der Waals surface area (Å²) in [7, 11) is -2.70. The molecule has 2 N–H and O–H groups in total. The lowest BCUT2D eigenvalue weighted by Gasteiger charge is -2.14. The Kier molecular flexibility index (Phi) is 5.66. The normalized spacial score (nSPS) is 13.8. The third-order valence-electron chi connectivity index (χ3n) is 4.94. The number of carbonyl (C=O) groups excluding carboxylic acids is 2. The first-order valence-electron chi connectivity index (χ1n) is 9.59. The van der Waals surface area contributed by atoms with Crippen LogP contribution >= 0.6 is 11.6 Å². The number of fused-ring (bicyclic) bond motifs is 1. The van der Waals surface area contributed by atoms with E-state index < -0.39 is 10.0 Å². The Labute approximate surface area is 189 Å². The molecule has 1 aliphatic heterocycles. The fourth-order valence-corrected chi connectivity index (χ4v) is 4.93. The Balaban J connectivity index is 1.83. The molecular weight excluding hydrogens is 456 g/mol. The van der Waals surface area contributed by atoms with E-state index >= 15 is 0 Å². The van der Waals surface area contributed by atoms with Crippen LogP contribution in [0.1, 0.15) is 23.3 Å². The zero-order valence-corrected chi connectivity index (χ0v) is 18.7. The molecule has 166 valence electrons. The number of hydrogen-bond donors (Lipinski definition) is 2. The number of sulfonamides is 1. The van der Waals surface area contributed by atoms with Crippen LogP contribution in [-0.2, 0) is 14.8 Å². The average Bonchev–Trinajstić information content (AvgIpc) is 2.99. The van der Waals surface area contributed by atoms with Crippen LogP contribution in [0, 0.1) is 6.92 Å². The third kappa shape index (κ3) is 4.06. The van der Waals surface area contributed by atoms with Crippen molar-refractivity contribution >= 4 is 44.9 Å². The number of methoxy groups -OCH3 is 1. The van der Waals surface area contributed by atoms with E-state index in [9.17, 15) is 18.0 Å². The minimum atomic E-state index is -4.06. The Morgan fingerprint density at radius 3 is 2.66 bits per heavy atom. The van der Waals surface area contributed by atoms with E-state index in [0.717, 1.165) is 4.68 Å². The maximum absolute atomic E-state index is 13.2. The summed E-state index contributed by atoms with van der Waals surface area (Å²) >= 11 is 5.96. The standard InChI is InChI=1S/C21H19ClN4O5S/c1-12-20(21-23-18(27)8-9-19(28)26(21)24-12)13-6-7-16(31-2)17(10-13)32(29,30)25-15-5-3-4-14(22)11-15/h3-7,10-11,25H,8-9H2,1-2H3,(H,23,27). The van der Waals surface area contributed by atoms with Crippen LogP contribution in [-0.4, -0.2) is 37.1 Å². The van der Waals surface area contributed by atoms with Crippen molar-refractivity contribution in [2.75, 3.05) is 17.1 Å². The molecule has 1 aromatic heterocycles. The van der Waals surface area contributed by atoms with Crippen molar-refractivity contribution < 1.29 is 22.7 Å². The molecule has 9 nitrogen and oxygen atoms in total. The van der Waals surface area contributed by atoms with Gasteiger partial charge in [0.15, 0.2) is 0 Å². The maximum Gasteiger partial charge on any atom is 0.265 e. The van der Waals surface area contributed by atoms with Crippen LogP contribution < -0.4 is 14.8 Å². The Bertz CT molecular complexity index is 1350. The summed E-state index contributed by atoms with van der Waals surface area (Å²) in [5.41, 5.74) is 1.66. The first-order chi connectivity index (χ1) is 15.2. The number of nitrogens with one attached hydrogen (secondary N) is 2. The number of nitrogens with zero attached hydrogens (tertiary/aromatic N) is 2. The second-order valence-electron chi connectivity index (χ2n) is 7.14. The van der Waals surface area contributed by atoms with E-state index in [-0.39, 0.29) is 41.1 Å². The summed E-state index contributed by atoms with van der Waals surface area (Å²) in [6.07, 6.45) is 0.0810.